The largest absolute Gasteiger partial charge is 0.339 e. The van der Waals surface area contributed by atoms with Crippen LogP contribution >= 0.6 is 55.4 Å². The number of thioether (sulfide) groups is 2. The third kappa shape index (κ3) is 6.27. The summed E-state index contributed by atoms with van der Waals surface area (Å²) < 4.78 is 2.20. The van der Waals surface area contributed by atoms with E-state index in [1.54, 1.807) is 30.8 Å². The van der Waals surface area contributed by atoms with Crippen molar-refractivity contribution in [2.45, 2.75) is 9.79 Å². The molecular weight excluding hydrogens is 542 g/mol. The quantitative estimate of drug-likeness (QED) is 0.228. The zero-order valence-electron chi connectivity index (χ0n) is 16.9. The Morgan fingerprint density at radius 3 is 1.63 bits per heavy atom. The molecule has 0 spiro atoms. The molecule has 0 aliphatic carbocycles. The van der Waals surface area contributed by atoms with Gasteiger partial charge in [0, 0.05) is 32.8 Å². The second-order valence-electron chi connectivity index (χ2n) is 6.77. The average molecular weight is 563 g/mol. The van der Waals surface area contributed by atoms with Gasteiger partial charge in [0.05, 0.1) is 0 Å². The molecule has 154 valence electrons. The van der Waals surface area contributed by atoms with Crippen molar-refractivity contribution in [1.82, 2.24) is 4.90 Å². The van der Waals surface area contributed by atoms with E-state index in [9.17, 15) is 4.79 Å². The van der Waals surface area contributed by atoms with Crippen LogP contribution in [0.25, 0.3) is 21.5 Å². The molecule has 0 heterocycles. The van der Waals surface area contributed by atoms with Crippen molar-refractivity contribution in [1.29, 1.82) is 0 Å². The van der Waals surface area contributed by atoms with Crippen LogP contribution < -0.4 is 0 Å². The molecule has 0 fully saturated rings. The smallest absolute Gasteiger partial charge is 0.285 e. The number of nitrogens with zero attached hydrogens (tertiary/aromatic N) is 1. The number of amides is 1. The summed E-state index contributed by atoms with van der Waals surface area (Å²) in [6.07, 6.45) is 2.10. The van der Waals surface area contributed by atoms with Crippen molar-refractivity contribution in [2.75, 3.05) is 20.4 Å². The van der Waals surface area contributed by atoms with E-state index in [-0.39, 0.29) is 5.24 Å². The monoisotopic (exact) mass is 561 g/mol. The second-order valence-corrected chi connectivity index (χ2v) is 10.5. The van der Waals surface area contributed by atoms with Crippen molar-refractivity contribution in [3.8, 4) is 0 Å². The summed E-state index contributed by atoms with van der Waals surface area (Å²) in [6, 6.07) is 25.0. The van der Waals surface area contributed by atoms with E-state index in [1.807, 2.05) is 30.3 Å². The fraction of sp³-hybridized carbons (Fsp3) is 0.125. The zero-order chi connectivity index (χ0) is 21.7. The molecule has 0 N–H and O–H groups in total. The molecule has 4 rings (SSSR count). The first-order chi connectivity index (χ1) is 14.4. The molecule has 4 aromatic carbocycles. The SMILES string of the molecule is CN(C)C(=O)Sc1ccc2cc(Br)ccc2c1.CSc1ccc2cc(Br)ccc2c1. The maximum atomic E-state index is 11.6. The molecular formula is C24H21Br2NOS2. The number of hydrogen-bond donors (Lipinski definition) is 0. The zero-order valence-corrected chi connectivity index (χ0v) is 21.7. The molecule has 0 radical (unpaired) electrons. The summed E-state index contributed by atoms with van der Waals surface area (Å²) in [4.78, 5) is 15.4. The molecule has 0 atom stereocenters. The van der Waals surface area contributed by atoms with Crippen molar-refractivity contribution < 1.29 is 4.79 Å². The first-order valence-corrected chi connectivity index (χ1v) is 12.8. The lowest BCUT2D eigenvalue weighted by atomic mass is 10.1. The van der Waals surface area contributed by atoms with Crippen molar-refractivity contribution in [2.24, 2.45) is 0 Å². The predicted octanol–water partition coefficient (Wildman–Crippen LogP) is 8.70. The van der Waals surface area contributed by atoms with E-state index in [2.05, 4.69) is 80.6 Å². The van der Waals surface area contributed by atoms with Gasteiger partial charge in [-0.25, -0.2) is 0 Å². The number of rotatable bonds is 2. The van der Waals surface area contributed by atoms with Crippen LogP contribution in [-0.2, 0) is 0 Å². The highest BCUT2D eigenvalue weighted by Crippen LogP contribution is 2.27. The van der Waals surface area contributed by atoms with E-state index in [1.165, 1.54) is 32.8 Å². The Labute approximate surface area is 202 Å². The molecule has 0 unspecified atom stereocenters. The summed E-state index contributed by atoms with van der Waals surface area (Å²) in [5.74, 6) is 0. The Bertz CT molecular complexity index is 1190. The van der Waals surface area contributed by atoms with Crippen LogP contribution in [0.4, 0.5) is 4.79 Å². The fourth-order valence-corrected chi connectivity index (χ4v) is 4.68. The van der Waals surface area contributed by atoms with Crippen LogP contribution in [0, 0.1) is 0 Å². The van der Waals surface area contributed by atoms with E-state index in [0.29, 0.717) is 0 Å². The lowest BCUT2D eigenvalue weighted by Gasteiger charge is -2.09. The van der Waals surface area contributed by atoms with Crippen LogP contribution in [0.1, 0.15) is 0 Å². The summed E-state index contributed by atoms with van der Waals surface area (Å²) >= 11 is 9.93. The summed E-state index contributed by atoms with van der Waals surface area (Å²) in [7, 11) is 3.51. The van der Waals surface area contributed by atoms with Crippen LogP contribution in [0.5, 0.6) is 0 Å². The maximum Gasteiger partial charge on any atom is 0.285 e. The van der Waals surface area contributed by atoms with Gasteiger partial charge in [-0.1, -0.05) is 56.1 Å². The summed E-state index contributed by atoms with van der Waals surface area (Å²) in [6.45, 7) is 0. The molecule has 0 saturated carbocycles. The fourth-order valence-electron chi connectivity index (χ4n) is 2.77. The lowest BCUT2D eigenvalue weighted by Crippen LogP contribution is -2.15. The van der Waals surface area contributed by atoms with Crippen molar-refractivity contribution in [3.05, 3.63) is 81.7 Å². The highest BCUT2D eigenvalue weighted by Gasteiger charge is 2.07. The van der Waals surface area contributed by atoms with Crippen LogP contribution in [0.15, 0.2) is 91.5 Å². The topological polar surface area (TPSA) is 20.3 Å². The Morgan fingerprint density at radius 2 is 1.13 bits per heavy atom. The molecule has 4 aromatic rings. The third-order valence-corrected chi connectivity index (χ3v) is 7.09. The summed E-state index contributed by atoms with van der Waals surface area (Å²) in [5.41, 5.74) is 0. The number of fused-ring (bicyclic) bond motifs is 2. The van der Waals surface area contributed by atoms with E-state index in [0.717, 1.165) is 19.2 Å². The predicted molar refractivity (Wildman–Crippen MR) is 140 cm³/mol. The Kier molecular flexibility index (Phi) is 8.28. The Hall–Kier alpha value is -1.47. The minimum Gasteiger partial charge on any atom is -0.339 e. The lowest BCUT2D eigenvalue weighted by molar-refractivity contribution is 0.241. The van der Waals surface area contributed by atoms with Gasteiger partial charge in [0.1, 0.15) is 0 Å². The Balaban J connectivity index is 0.000000177. The minimum atomic E-state index is 0.0430. The van der Waals surface area contributed by atoms with Gasteiger partial charge in [0.2, 0.25) is 0 Å². The number of benzene rings is 4. The number of carbonyl (C=O) groups excluding carboxylic acids is 1. The summed E-state index contributed by atoms with van der Waals surface area (Å²) in [5, 5.41) is 4.94. The van der Waals surface area contributed by atoms with Gasteiger partial charge in [0.15, 0.2) is 0 Å². The second kappa shape index (κ2) is 10.7. The first kappa shape index (κ1) is 23.2. The van der Waals surface area contributed by atoms with Gasteiger partial charge in [-0.15, -0.1) is 11.8 Å². The standard InChI is InChI=1S/C13H12BrNOS.C11H9BrS/c1-15(2)13(16)17-12-6-4-9-7-11(14)5-3-10(9)8-12;1-13-11-5-3-8-6-10(12)4-2-9(8)7-11/h3-8H,1-2H3;2-7H,1H3. The highest BCUT2D eigenvalue weighted by molar-refractivity contribution is 9.10. The molecule has 0 aliphatic heterocycles. The van der Waals surface area contributed by atoms with E-state index in [4.69, 9.17) is 0 Å². The molecule has 6 heteroatoms. The molecule has 0 aromatic heterocycles. The van der Waals surface area contributed by atoms with Gasteiger partial charge < -0.3 is 4.90 Å². The molecule has 2 nitrogen and oxygen atoms in total. The third-order valence-electron chi connectivity index (χ3n) is 4.35. The van der Waals surface area contributed by atoms with Crippen molar-refractivity contribution in [3.63, 3.8) is 0 Å². The molecule has 30 heavy (non-hydrogen) atoms. The van der Waals surface area contributed by atoms with Crippen LogP contribution in [-0.4, -0.2) is 30.5 Å². The van der Waals surface area contributed by atoms with Crippen molar-refractivity contribution >= 4 is 82.2 Å². The van der Waals surface area contributed by atoms with Crippen LogP contribution in [0.2, 0.25) is 0 Å². The molecule has 0 saturated heterocycles. The Morgan fingerprint density at radius 1 is 0.700 bits per heavy atom. The van der Waals surface area contributed by atoms with E-state index < -0.39 is 0 Å². The minimum absolute atomic E-state index is 0.0430. The van der Waals surface area contributed by atoms with Gasteiger partial charge in [-0.3, -0.25) is 4.79 Å². The van der Waals surface area contributed by atoms with Gasteiger partial charge in [0.25, 0.3) is 5.24 Å². The van der Waals surface area contributed by atoms with Gasteiger partial charge in [-0.05, 0) is 88.1 Å². The maximum absolute atomic E-state index is 11.6. The van der Waals surface area contributed by atoms with Gasteiger partial charge >= 0.3 is 0 Å². The number of halogens is 2. The number of hydrogen-bond acceptors (Lipinski definition) is 3. The highest BCUT2D eigenvalue weighted by atomic mass is 79.9. The average Bonchev–Trinajstić information content (AvgIpc) is 2.73. The van der Waals surface area contributed by atoms with Gasteiger partial charge in [-0.2, -0.15) is 0 Å². The molecule has 0 aliphatic rings. The normalized spacial score (nSPS) is 10.6. The number of carbonyl (C=O) groups is 1. The molecule has 1 amide bonds. The molecule has 0 bridgehead atoms. The van der Waals surface area contributed by atoms with E-state index >= 15 is 0 Å². The first-order valence-electron chi connectivity index (χ1n) is 9.17. The van der Waals surface area contributed by atoms with Crippen LogP contribution in [0.3, 0.4) is 0 Å².